The standard InChI is InChI=1S/C56H76N14O18/c1-25(2)15-35(50(81)66-38(18-42(58)72)49(80)61-23-43(73)63-36(54(85)70-46(26(3)4)56(87)88)16-29-21-59-33-13-9-7-11-31(29)33)65-55(86)41(24-71)69-53(84)40(20-45(76)77)68-52(83)39(19-44(74)75)67-51(82)37(64-48(79)28(6)62-47(78)27(5)57)17-30-22-60-34-14-10-8-12-32(30)34/h7-14,21-22,25-28,35-41,46,59-60,71H,15-20,23-24,57H2,1-6H3,(H2,58,72)(H,61,80)(H,62,78)(H,63,73)(H,64,79)(H,65,86)(H,66,81)(H,67,82)(H,68,83)(H,69,84)(H,70,85)(H,74,75)(H,76,77)(H,87,88)/t27-,28-,35-,36-,37-,38-,39-,40-,41-,46-/m0/s1. The van der Waals surface area contributed by atoms with Gasteiger partial charge in [0.1, 0.15) is 54.4 Å². The number of H-pyrrole nitrogens is 2. The van der Waals surface area contributed by atoms with Crippen molar-refractivity contribution in [3.8, 4) is 0 Å². The number of hydrogen-bond donors (Lipinski definition) is 18. The van der Waals surface area contributed by atoms with Crippen molar-refractivity contribution in [2.24, 2.45) is 23.3 Å². The monoisotopic (exact) mass is 1230 g/mol. The Morgan fingerprint density at radius 1 is 0.477 bits per heavy atom. The minimum atomic E-state index is -2.15. The predicted octanol–water partition coefficient (Wildman–Crippen LogP) is -4.12. The van der Waals surface area contributed by atoms with E-state index in [1.807, 2.05) is 5.32 Å². The number of aromatic nitrogens is 2. The van der Waals surface area contributed by atoms with E-state index in [2.05, 4.69) is 57.8 Å². The van der Waals surface area contributed by atoms with Crippen LogP contribution in [0.25, 0.3) is 21.8 Å². The lowest BCUT2D eigenvalue weighted by atomic mass is 10.0. The summed E-state index contributed by atoms with van der Waals surface area (Å²) in [5.41, 5.74) is 13.4. The van der Waals surface area contributed by atoms with Gasteiger partial charge in [-0.05, 0) is 55.4 Å². The van der Waals surface area contributed by atoms with Crippen molar-refractivity contribution in [2.45, 2.75) is 140 Å². The Balaban J connectivity index is 1.48. The van der Waals surface area contributed by atoms with Crippen molar-refractivity contribution >= 4 is 105 Å². The van der Waals surface area contributed by atoms with Crippen LogP contribution in [0.1, 0.15) is 78.4 Å². The summed E-state index contributed by atoms with van der Waals surface area (Å²) in [6.07, 6.45) is -0.739. The van der Waals surface area contributed by atoms with Gasteiger partial charge >= 0.3 is 17.9 Å². The highest BCUT2D eigenvalue weighted by molar-refractivity contribution is 6.01. The fraction of sp³-hybridized carbons (Fsp3) is 0.464. The lowest BCUT2D eigenvalue weighted by Gasteiger charge is -2.27. The summed E-state index contributed by atoms with van der Waals surface area (Å²) in [4.78, 5) is 190. The van der Waals surface area contributed by atoms with Gasteiger partial charge in [-0.1, -0.05) is 64.1 Å². The zero-order chi connectivity index (χ0) is 65.7. The Bertz CT molecular complexity index is 3230. The number of carboxylic acid groups (broad SMARTS) is 3. The molecule has 0 aliphatic carbocycles. The highest BCUT2D eigenvalue weighted by Crippen LogP contribution is 2.21. The number of carboxylic acids is 3. The molecule has 32 heteroatoms. The summed E-state index contributed by atoms with van der Waals surface area (Å²) in [5.74, 6) is -17.8. The average molecular weight is 1230 g/mol. The Labute approximate surface area is 502 Å². The molecule has 0 unspecified atom stereocenters. The number of carbonyl (C=O) groups excluding carboxylic acids is 11. The van der Waals surface area contributed by atoms with Crippen molar-refractivity contribution in [1.29, 1.82) is 0 Å². The third kappa shape index (κ3) is 21.5. The first-order valence-electron chi connectivity index (χ1n) is 27.8. The number of amides is 11. The van der Waals surface area contributed by atoms with Gasteiger partial charge in [-0.25, -0.2) is 4.79 Å². The maximum Gasteiger partial charge on any atom is 0.326 e. The van der Waals surface area contributed by atoms with Crippen molar-refractivity contribution in [3.63, 3.8) is 0 Å². The summed E-state index contributed by atoms with van der Waals surface area (Å²) in [6.45, 7) is 6.93. The lowest BCUT2D eigenvalue weighted by Crippen LogP contribution is -2.61. The minimum absolute atomic E-state index is 0.139. The molecule has 2 aromatic carbocycles. The van der Waals surface area contributed by atoms with Crippen LogP contribution in [-0.4, -0.2) is 187 Å². The van der Waals surface area contributed by atoms with Crippen LogP contribution in [0.4, 0.5) is 0 Å². The van der Waals surface area contributed by atoms with Crippen molar-refractivity contribution in [2.75, 3.05) is 13.2 Å². The maximum atomic E-state index is 14.0. The number of carbonyl (C=O) groups is 14. The molecule has 0 radical (unpaired) electrons. The smallest absolute Gasteiger partial charge is 0.326 e. The van der Waals surface area contributed by atoms with E-state index in [1.165, 1.54) is 20.0 Å². The molecule has 0 saturated heterocycles. The van der Waals surface area contributed by atoms with E-state index in [-0.39, 0.29) is 19.3 Å². The number of aliphatic hydroxyl groups is 1. The third-order valence-electron chi connectivity index (χ3n) is 13.5. The second-order valence-corrected chi connectivity index (χ2v) is 21.6. The van der Waals surface area contributed by atoms with Crippen LogP contribution in [0.2, 0.25) is 0 Å². The molecule has 0 aliphatic rings. The molecule has 32 nitrogen and oxygen atoms in total. The molecule has 0 spiro atoms. The van der Waals surface area contributed by atoms with Gasteiger partial charge in [-0.2, -0.15) is 0 Å². The second kappa shape index (κ2) is 33.1. The fourth-order valence-corrected chi connectivity index (χ4v) is 8.91. The number of fused-ring (bicyclic) bond motifs is 2. The van der Waals surface area contributed by atoms with E-state index in [0.29, 0.717) is 32.9 Å². The maximum absolute atomic E-state index is 14.0. The number of aliphatic carboxylic acids is 3. The van der Waals surface area contributed by atoms with Gasteiger partial charge in [0.05, 0.1) is 38.5 Å². The molecule has 0 aliphatic heterocycles. The van der Waals surface area contributed by atoms with E-state index in [0.717, 1.165) is 0 Å². The quantitative estimate of drug-likeness (QED) is 0.0208. The molecule has 10 atom stereocenters. The van der Waals surface area contributed by atoms with Gasteiger partial charge in [0, 0.05) is 47.0 Å². The van der Waals surface area contributed by atoms with E-state index in [1.54, 1.807) is 82.4 Å². The predicted molar refractivity (Wildman–Crippen MR) is 311 cm³/mol. The number of aliphatic hydroxyl groups excluding tert-OH is 1. The van der Waals surface area contributed by atoms with Crippen LogP contribution in [0.15, 0.2) is 60.9 Å². The normalized spacial score (nSPS) is 14.6. The number of nitrogens with one attached hydrogen (secondary N) is 12. The Hall–Kier alpha value is -9.98. The number of nitrogens with two attached hydrogens (primary N) is 2. The highest BCUT2D eigenvalue weighted by Gasteiger charge is 2.37. The molecule has 88 heavy (non-hydrogen) atoms. The first-order valence-corrected chi connectivity index (χ1v) is 27.8. The topological polar surface area (TPSA) is 524 Å². The SMILES string of the molecule is CC(C)C[C@H](NC(=O)[C@H](CO)NC(=O)[C@H](CC(=O)O)NC(=O)[C@H](CC(=O)O)NC(=O)[C@H](Cc1c[nH]c2ccccc12)NC(=O)[C@H](C)NC(=O)[C@H](C)N)C(=O)N[C@@H](CC(N)=O)C(=O)NCC(=O)N[C@@H](Cc1c[nH]c2ccccc12)C(=O)N[C@H](C(=O)O)C(C)C. The number of primary amides is 1. The van der Waals surface area contributed by atoms with Gasteiger partial charge < -0.3 is 95.0 Å². The van der Waals surface area contributed by atoms with Crippen molar-refractivity contribution in [3.05, 3.63) is 72.1 Å². The highest BCUT2D eigenvalue weighted by atomic mass is 16.4. The zero-order valence-electron chi connectivity index (χ0n) is 49.0. The Morgan fingerprint density at radius 2 is 0.886 bits per heavy atom. The second-order valence-electron chi connectivity index (χ2n) is 21.6. The molecular weight excluding hydrogens is 1160 g/mol. The fourth-order valence-electron chi connectivity index (χ4n) is 8.91. The van der Waals surface area contributed by atoms with E-state index in [9.17, 15) is 87.5 Å². The molecule has 478 valence electrons. The molecule has 4 aromatic rings. The molecule has 4 rings (SSSR count). The zero-order valence-corrected chi connectivity index (χ0v) is 49.0. The molecule has 0 saturated carbocycles. The summed E-state index contributed by atoms with van der Waals surface area (Å²) in [7, 11) is 0. The molecule has 20 N–H and O–H groups in total. The van der Waals surface area contributed by atoms with Crippen molar-refractivity contribution in [1.82, 2.24) is 63.1 Å². The average Bonchev–Trinajstić information content (AvgIpc) is 4.16. The van der Waals surface area contributed by atoms with Crippen LogP contribution in [0, 0.1) is 11.8 Å². The Kier molecular flexibility index (Phi) is 26.5. The van der Waals surface area contributed by atoms with Gasteiger partial charge in [0.2, 0.25) is 65.0 Å². The van der Waals surface area contributed by atoms with E-state index >= 15 is 0 Å². The number of aromatic amines is 2. The molecule has 0 bridgehead atoms. The molecule has 2 aromatic heterocycles. The van der Waals surface area contributed by atoms with Crippen LogP contribution >= 0.6 is 0 Å². The molecule has 0 fully saturated rings. The molecule has 11 amide bonds. The Morgan fingerprint density at radius 3 is 1.33 bits per heavy atom. The largest absolute Gasteiger partial charge is 0.481 e. The van der Waals surface area contributed by atoms with Gasteiger partial charge in [0.25, 0.3) is 0 Å². The number of rotatable bonds is 35. The summed E-state index contributed by atoms with van der Waals surface area (Å²) in [5, 5.41) is 63.9. The lowest BCUT2D eigenvalue weighted by molar-refractivity contribution is -0.143. The number of para-hydroxylation sites is 2. The first-order chi connectivity index (χ1) is 41.4. The summed E-state index contributed by atoms with van der Waals surface area (Å²) in [6, 6.07) is -2.36. The number of hydrogen-bond acceptors (Lipinski definition) is 16. The van der Waals surface area contributed by atoms with Crippen molar-refractivity contribution < 1.29 is 87.5 Å². The van der Waals surface area contributed by atoms with Crippen LogP contribution in [0.3, 0.4) is 0 Å². The van der Waals surface area contributed by atoms with Gasteiger partial charge in [-0.15, -0.1) is 0 Å². The molecular formula is C56H76N14O18. The first kappa shape index (κ1) is 70.5. The van der Waals surface area contributed by atoms with Crippen LogP contribution in [0.5, 0.6) is 0 Å². The third-order valence-corrected chi connectivity index (χ3v) is 13.5. The van der Waals surface area contributed by atoms with Crippen LogP contribution in [-0.2, 0) is 80.0 Å². The number of benzene rings is 2. The van der Waals surface area contributed by atoms with Crippen LogP contribution < -0.4 is 64.6 Å². The summed E-state index contributed by atoms with van der Waals surface area (Å²) >= 11 is 0. The van der Waals surface area contributed by atoms with Gasteiger partial charge in [-0.3, -0.25) is 62.3 Å². The molecule has 2 heterocycles. The minimum Gasteiger partial charge on any atom is -0.481 e. The van der Waals surface area contributed by atoms with E-state index < -0.39 is 188 Å². The van der Waals surface area contributed by atoms with E-state index in [4.69, 9.17) is 11.5 Å². The van der Waals surface area contributed by atoms with Gasteiger partial charge in [0.15, 0.2) is 0 Å². The summed E-state index contributed by atoms with van der Waals surface area (Å²) < 4.78 is 0.